The van der Waals surface area contributed by atoms with Gasteiger partial charge in [0.1, 0.15) is 0 Å². The summed E-state index contributed by atoms with van der Waals surface area (Å²) in [4.78, 5) is 14.0. The zero-order chi connectivity index (χ0) is 11.1. The van der Waals surface area contributed by atoms with Crippen LogP contribution in [-0.4, -0.2) is 29.9 Å². The van der Waals surface area contributed by atoms with Gasteiger partial charge in [-0.1, -0.05) is 13.3 Å². The fourth-order valence-electron chi connectivity index (χ4n) is 2.29. The summed E-state index contributed by atoms with van der Waals surface area (Å²) in [6.07, 6.45) is 7.37. The molecule has 0 bridgehead atoms. The Balaban J connectivity index is 0.00000225. The van der Waals surface area contributed by atoms with Crippen LogP contribution in [0.25, 0.3) is 0 Å². The molecule has 1 aliphatic rings. The van der Waals surface area contributed by atoms with Crippen LogP contribution in [0.5, 0.6) is 0 Å². The number of nitrogens with two attached hydrogens (primary N) is 1. The number of unbranched alkanes of at least 4 members (excludes halogenated alkanes) is 1. The number of hydrogen-bond donors (Lipinski definition) is 1. The van der Waals surface area contributed by atoms with E-state index in [1.807, 2.05) is 0 Å². The van der Waals surface area contributed by atoms with Crippen molar-refractivity contribution in [3.8, 4) is 0 Å². The van der Waals surface area contributed by atoms with Crippen LogP contribution in [0.4, 0.5) is 0 Å². The molecule has 1 heterocycles. The van der Waals surface area contributed by atoms with Gasteiger partial charge in [0, 0.05) is 19.0 Å². The minimum atomic E-state index is 0. The van der Waals surface area contributed by atoms with E-state index < -0.39 is 0 Å². The third-order valence-corrected chi connectivity index (χ3v) is 3.19. The molecule has 4 heteroatoms. The van der Waals surface area contributed by atoms with Crippen molar-refractivity contribution in [3.63, 3.8) is 0 Å². The maximum Gasteiger partial charge on any atom is 0.222 e. The van der Waals surface area contributed by atoms with Gasteiger partial charge in [0.15, 0.2) is 0 Å². The molecular formula is C12H25ClN2O. The number of amides is 1. The molecule has 16 heavy (non-hydrogen) atoms. The third kappa shape index (κ3) is 4.71. The van der Waals surface area contributed by atoms with Crippen molar-refractivity contribution < 1.29 is 4.79 Å². The summed E-state index contributed by atoms with van der Waals surface area (Å²) < 4.78 is 0. The van der Waals surface area contributed by atoms with Gasteiger partial charge in [-0.3, -0.25) is 4.79 Å². The molecule has 1 atom stereocenters. The van der Waals surface area contributed by atoms with Crippen molar-refractivity contribution in [2.45, 2.75) is 57.9 Å². The molecule has 1 rings (SSSR count). The predicted octanol–water partition coefficient (Wildman–Crippen LogP) is 2.33. The predicted molar refractivity (Wildman–Crippen MR) is 69.8 cm³/mol. The maximum absolute atomic E-state index is 11.9. The molecular weight excluding hydrogens is 224 g/mol. The lowest BCUT2D eigenvalue weighted by Gasteiger charge is -2.35. The van der Waals surface area contributed by atoms with Crippen LogP contribution in [0, 0.1) is 0 Å². The molecule has 1 saturated heterocycles. The summed E-state index contributed by atoms with van der Waals surface area (Å²) in [5.74, 6) is 0.343. The first kappa shape index (κ1) is 15.7. The van der Waals surface area contributed by atoms with E-state index in [9.17, 15) is 4.79 Å². The van der Waals surface area contributed by atoms with Crippen molar-refractivity contribution >= 4 is 18.3 Å². The summed E-state index contributed by atoms with van der Waals surface area (Å²) in [6.45, 7) is 3.77. The van der Waals surface area contributed by atoms with Gasteiger partial charge in [-0.2, -0.15) is 0 Å². The van der Waals surface area contributed by atoms with E-state index in [1.165, 1.54) is 12.8 Å². The highest BCUT2D eigenvalue weighted by molar-refractivity contribution is 5.85. The normalized spacial score (nSPS) is 20.4. The number of carbonyl (C=O) groups is 1. The Morgan fingerprint density at radius 3 is 2.81 bits per heavy atom. The van der Waals surface area contributed by atoms with Crippen LogP contribution < -0.4 is 5.73 Å². The first-order valence-corrected chi connectivity index (χ1v) is 6.29. The second kappa shape index (κ2) is 8.82. The van der Waals surface area contributed by atoms with Crippen LogP contribution in [0.1, 0.15) is 51.9 Å². The van der Waals surface area contributed by atoms with Crippen LogP contribution in [0.2, 0.25) is 0 Å². The van der Waals surface area contributed by atoms with Gasteiger partial charge in [0.25, 0.3) is 0 Å². The number of nitrogens with zero attached hydrogens (tertiary/aromatic N) is 1. The van der Waals surface area contributed by atoms with Crippen LogP contribution in [0.3, 0.4) is 0 Å². The van der Waals surface area contributed by atoms with Gasteiger partial charge >= 0.3 is 0 Å². The van der Waals surface area contributed by atoms with Crippen molar-refractivity contribution in [1.29, 1.82) is 0 Å². The zero-order valence-electron chi connectivity index (χ0n) is 10.3. The number of hydrogen-bond acceptors (Lipinski definition) is 2. The maximum atomic E-state index is 11.9. The summed E-state index contributed by atoms with van der Waals surface area (Å²) in [5, 5.41) is 0. The van der Waals surface area contributed by atoms with E-state index in [4.69, 9.17) is 5.73 Å². The summed E-state index contributed by atoms with van der Waals surface area (Å²) in [7, 11) is 0. The molecule has 2 N–H and O–H groups in total. The summed E-state index contributed by atoms with van der Waals surface area (Å²) >= 11 is 0. The summed E-state index contributed by atoms with van der Waals surface area (Å²) in [6, 6.07) is 0.424. The molecule has 0 radical (unpaired) electrons. The van der Waals surface area contributed by atoms with Gasteiger partial charge in [0.05, 0.1) is 0 Å². The molecule has 1 fully saturated rings. The van der Waals surface area contributed by atoms with E-state index >= 15 is 0 Å². The number of piperidine rings is 1. The highest BCUT2D eigenvalue weighted by Crippen LogP contribution is 2.20. The Bertz CT molecular complexity index is 197. The lowest BCUT2D eigenvalue weighted by Crippen LogP contribution is -2.44. The minimum absolute atomic E-state index is 0. The molecule has 3 nitrogen and oxygen atoms in total. The molecule has 0 saturated carbocycles. The van der Waals surface area contributed by atoms with Gasteiger partial charge in [-0.15, -0.1) is 12.4 Å². The Hall–Kier alpha value is -0.280. The van der Waals surface area contributed by atoms with E-state index in [0.717, 1.165) is 38.6 Å². The average molecular weight is 249 g/mol. The van der Waals surface area contributed by atoms with Crippen molar-refractivity contribution in [3.05, 3.63) is 0 Å². The Morgan fingerprint density at radius 1 is 1.44 bits per heavy atom. The van der Waals surface area contributed by atoms with Gasteiger partial charge in [-0.25, -0.2) is 0 Å². The number of carbonyl (C=O) groups excluding carboxylic acids is 1. The standard InChI is InChI=1S/C12H24N2O.ClH/c1-2-3-7-12(15)14-10-5-4-6-11(14)8-9-13;/h11H,2-10,13H2,1H3;1H. The molecule has 0 spiro atoms. The fourth-order valence-corrected chi connectivity index (χ4v) is 2.29. The minimum Gasteiger partial charge on any atom is -0.340 e. The SMILES string of the molecule is CCCCC(=O)N1CCCCC1CCN.Cl. The highest BCUT2D eigenvalue weighted by atomic mass is 35.5. The molecule has 0 aromatic carbocycles. The zero-order valence-corrected chi connectivity index (χ0v) is 11.1. The molecule has 1 amide bonds. The lowest BCUT2D eigenvalue weighted by molar-refractivity contribution is -0.135. The fraction of sp³-hybridized carbons (Fsp3) is 0.917. The Kier molecular flexibility index (Phi) is 8.67. The Labute approximate surface area is 105 Å². The monoisotopic (exact) mass is 248 g/mol. The van der Waals surface area contributed by atoms with Crippen LogP contribution in [0.15, 0.2) is 0 Å². The van der Waals surface area contributed by atoms with Crippen molar-refractivity contribution in [2.24, 2.45) is 5.73 Å². The number of likely N-dealkylation sites (tertiary alicyclic amines) is 1. The van der Waals surface area contributed by atoms with Gasteiger partial charge < -0.3 is 10.6 Å². The van der Waals surface area contributed by atoms with Crippen molar-refractivity contribution in [1.82, 2.24) is 4.90 Å². The van der Waals surface area contributed by atoms with Crippen LogP contribution in [-0.2, 0) is 4.79 Å². The summed E-state index contributed by atoms with van der Waals surface area (Å²) in [5.41, 5.74) is 5.58. The molecule has 0 aromatic rings. The third-order valence-electron chi connectivity index (χ3n) is 3.19. The first-order valence-electron chi connectivity index (χ1n) is 6.29. The molecule has 1 aliphatic heterocycles. The van der Waals surface area contributed by atoms with E-state index in [0.29, 0.717) is 18.5 Å². The molecule has 0 aliphatic carbocycles. The second-order valence-electron chi connectivity index (χ2n) is 4.42. The molecule has 96 valence electrons. The quantitative estimate of drug-likeness (QED) is 0.812. The number of halogens is 1. The van der Waals surface area contributed by atoms with E-state index in [-0.39, 0.29) is 12.4 Å². The average Bonchev–Trinajstić information content (AvgIpc) is 2.27. The van der Waals surface area contributed by atoms with E-state index in [2.05, 4.69) is 11.8 Å². The van der Waals surface area contributed by atoms with Gasteiger partial charge in [-0.05, 0) is 38.6 Å². The lowest BCUT2D eigenvalue weighted by atomic mass is 9.98. The smallest absolute Gasteiger partial charge is 0.222 e. The van der Waals surface area contributed by atoms with Crippen LogP contribution >= 0.6 is 12.4 Å². The Morgan fingerprint density at radius 2 is 2.19 bits per heavy atom. The highest BCUT2D eigenvalue weighted by Gasteiger charge is 2.25. The van der Waals surface area contributed by atoms with E-state index in [1.54, 1.807) is 0 Å². The molecule has 0 aromatic heterocycles. The second-order valence-corrected chi connectivity index (χ2v) is 4.42. The first-order chi connectivity index (χ1) is 7.29. The molecule has 1 unspecified atom stereocenters. The largest absolute Gasteiger partial charge is 0.340 e. The number of rotatable bonds is 5. The van der Waals surface area contributed by atoms with Gasteiger partial charge in [0.2, 0.25) is 5.91 Å². The van der Waals surface area contributed by atoms with Crippen molar-refractivity contribution in [2.75, 3.05) is 13.1 Å². The topological polar surface area (TPSA) is 46.3 Å².